The monoisotopic (exact) mass is 219 g/mol. The Morgan fingerprint density at radius 1 is 1.19 bits per heavy atom. The van der Waals surface area contributed by atoms with E-state index in [4.69, 9.17) is 0 Å². The molecule has 2 nitrogen and oxygen atoms in total. The van der Waals surface area contributed by atoms with Crippen LogP contribution in [-0.2, 0) is 5.41 Å². The van der Waals surface area contributed by atoms with Gasteiger partial charge in [-0.15, -0.1) is 0 Å². The van der Waals surface area contributed by atoms with Crippen molar-refractivity contribution in [2.45, 2.75) is 32.1 Å². The van der Waals surface area contributed by atoms with Crippen LogP contribution in [0.25, 0.3) is 0 Å². The fourth-order valence-corrected chi connectivity index (χ4v) is 2.78. The molecule has 1 fully saturated rings. The van der Waals surface area contributed by atoms with E-state index < -0.39 is 0 Å². The lowest BCUT2D eigenvalue weighted by Gasteiger charge is -2.38. The molecular weight excluding hydrogens is 198 g/mol. The zero-order valence-corrected chi connectivity index (χ0v) is 10.2. The number of hydrogen-bond donors (Lipinski definition) is 2. The van der Waals surface area contributed by atoms with Crippen LogP contribution in [0, 0.1) is 5.92 Å². The second kappa shape index (κ2) is 4.46. The maximum Gasteiger partial charge on any atom is 0.119 e. The lowest BCUT2D eigenvalue weighted by molar-refractivity contribution is 0.241. The van der Waals surface area contributed by atoms with E-state index in [2.05, 4.69) is 25.2 Å². The van der Waals surface area contributed by atoms with Gasteiger partial charge in [-0.1, -0.05) is 32.0 Å². The summed E-state index contributed by atoms with van der Waals surface area (Å²) in [5.41, 5.74) is 1.15. The molecule has 0 amide bonds. The largest absolute Gasteiger partial charge is 0.508 e. The number of benzene rings is 1. The predicted octanol–water partition coefficient (Wildman–Crippen LogP) is 2.67. The van der Waals surface area contributed by atoms with Crippen LogP contribution in [0.15, 0.2) is 24.3 Å². The van der Waals surface area contributed by atoms with Crippen LogP contribution in [0.1, 0.15) is 32.3 Å². The molecule has 2 heteroatoms. The van der Waals surface area contributed by atoms with Gasteiger partial charge in [-0.2, -0.15) is 0 Å². The molecule has 16 heavy (non-hydrogen) atoms. The Bertz CT molecular complexity index is 354. The number of rotatable bonds is 2. The number of hydrogen-bond acceptors (Lipinski definition) is 2. The topological polar surface area (TPSA) is 32.3 Å². The number of phenolic OH excluding ortho intramolecular Hbond substituents is 1. The summed E-state index contributed by atoms with van der Waals surface area (Å²) in [6, 6.07) is 7.74. The van der Waals surface area contributed by atoms with Gasteiger partial charge in [0.1, 0.15) is 5.75 Å². The van der Waals surface area contributed by atoms with E-state index in [1.54, 1.807) is 6.07 Å². The van der Waals surface area contributed by atoms with Crippen molar-refractivity contribution in [2.75, 3.05) is 13.1 Å². The van der Waals surface area contributed by atoms with Gasteiger partial charge in [-0.05, 0) is 48.9 Å². The van der Waals surface area contributed by atoms with Crippen molar-refractivity contribution in [1.29, 1.82) is 0 Å². The highest BCUT2D eigenvalue weighted by Gasteiger charge is 2.33. The quantitative estimate of drug-likeness (QED) is 0.801. The van der Waals surface area contributed by atoms with Gasteiger partial charge in [-0.25, -0.2) is 0 Å². The molecule has 1 aromatic carbocycles. The molecule has 1 aliphatic rings. The molecule has 0 atom stereocenters. The van der Waals surface area contributed by atoms with E-state index in [9.17, 15) is 5.11 Å². The number of phenols is 1. The van der Waals surface area contributed by atoms with Gasteiger partial charge >= 0.3 is 0 Å². The fraction of sp³-hybridized carbons (Fsp3) is 0.571. The Morgan fingerprint density at radius 3 is 2.44 bits per heavy atom. The summed E-state index contributed by atoms with van der Waals surface area (Å²) in [6.45, 7) is 6.69. The summed E-state index contributed by atoms with van der Waals surface area (Å²) in [7, 11) is 0. The third-order valence-electron chi connectivity index (χ3n) is 3.96. The van der Waals surface area contributed by atoms with Gasteiger partial charge in [0.05, 0.1) is 0 Å². The van der Waals surface area contributed by atoms with Crippen LogP contribution in [0.5, 0.6) is 5.75 Å². The van der Waals surface area contributed by atoms with Crippen LogP contribution >= 0.6 is 0 Å². The molecular formula is C14H21NO. The van der Waals surface area contributed by atoms with Crippen molar-refractivity contribution < 1.29 is 5.11 Å². The Labute approximate surface area is 97.7 Å². The molecule has 0 spiro atoms. The first-order valence-electron chi connectivity index (χ1n) is 6.11. The van der Waals surface area contributed by atoms with Gasteiger partial charge in [-0.3, -0.25) is 0 Å². The third-order valence-corrected chi connectivity index (χ3v) is 3.96. The van der Waals surface area contributed by atoms with Crippen molar-refractivity contribution in [3.8, 4) is 5.75 Å². The molecule has 0 unspecified atom stereocenters. The molecule has 0 aromatic heterocycles. The van der Waals surface area contributed by atoms with Crippen LogP contribution < -0.4 is 5.32 Å². The van der Waals surface area contributed by atoms with E-state index in [0.717, 1.165) is 18.7 Å². The van der Waals surface area contributed by atoms with Gasteiger partial charge in [0.15, 0.2) is 0 Å². The first-order valence-corrected chi connectivity index (χ1v) is 6.11. The van der Waals surface area contributed by atoms with Crippen molar-refractivity contribution in [1.82, 2.24) is 5.32 Å². The lowest BCUT2D eigenvalue weighted by Crippen LogP contribution is -2.38. The highest BCUT2D eigenvalue weighted by Crippen LogP contribution is 2.40. The SMILES string of the molecule is CC(C)(c1ccccc1O)C1CCNCC1. The summed E-state index contributed by atoms with van der Waals surface area (Å²) >= 11 is 0. The predicted molar refractivity (Wildman–Crippen MR) is 66.7 cm³/mol. The summed E-state index contributed by atoms with van der Waals surface area (Å²) in [5, 5.41) is 13.4. The smallest absolute Gasteiger partial charge is 0.119 e. The van der Waals surface area contributed by atoms with Crippen LogP contribution in [0.2, 0.25) is 0 Å². The average molecular weight is 219 g/mol. The van der Waals surface area contributed by atoms with Gasteiger partial charge < -0.3 is 10.4 Å². The van der Waals surface area contributed by atoms with Crippen molar-refractivity contribution in [3.05, 3.63) is 29.8 Å². The Kier molecular flexibility index (Phi) is 3.20. The molecule has 2 N–H and O–H groups in total. The Hall–Kier alpha value is -1.02. The number of aromatic hydroxyl groups is 1. The zero-order chi connectivity index (χ0) is 11.6. The maximum atomic E-state index is 9.96. The number of para-hydroxylation sites is 1. The highest BCUT2D eigenvalue weighted by molar-refractivity contribution is 5.38. The Balaban J connectivity index is 2.26. The molecule has 1 aliphatic heterocycles. The second-order valence-electron chi connectivity index (χ2n) is 5.26. The summed E-state index contributed by atoms with van der Waals surface area (Å²) in [5.74, 6) is 1.09. The lowest BCUT2D eigenvalue weighted by atomic mass is 9.69. The molecule has 1 heterocycles. The Morgan fingerprint density at radius 2 is 1.81 bits per heavy atom. The minimum absolute atomic E-state index is 0.0629. The standard InChI is InChI=1S/C14H21NO/c1-14(2,11-7-9-15-10-8-11)12-5-3-4-6-13(12)16/h3-6,11,15-16H,7-10H2,1-2H3. The van der Waals surface area contributed by atoms with Crippen molar-refractivity contribution in [3.63, 3.8) is 0 Å². The molecule has 1 saturated heterocycles. The van der Waals surface area contributed by atoms with Gasteiger partial charge in [0, 0.05) is 0 Å². The number of nitrogens with one attached hydrogen (secondary N) is 1. The van der Waals surface area contributed by atoms with Crippen LogP contribution in [-0.4, -0.2) is 18.2 Å². The molecule has 0 radical (unpaired) electrons. The molecule has 1 aromatic rings. The summed E-state index contributed by atoms with van der Waals surface area (Å²) in [4.78, 5) is 0. The molecule has 0 saturated carbocycles. The average Bonchev–Trinajstić information content (AvgIpc) is 2.30. The normalized spacial score (nSPS) is 18.6. The van der Waals surface area contributed by atoms with Gasteiger partial charge in [0.2, 0.25) is 0 Å². The van der Waals surface area contributed by atoms with E-state index in [-0.39, 0.29) is 5.41 Å². The maximum absolute atomic E-state index is 9.96. The minimum atomic E-state index is 0.0629. The number of piperidine rings is 1. The molecule has 88 valence electrons. The highest BCUT2D eigenvalue weighted by atomic mass is 16.3. The molecule has 0 bridgehead atoms. The zero-order valence-electron chi connectivity index (χ0n) is 10.2. The second-order valence-corrected chi connectivity index (χ2v) is 5.26. The first kappa shape index (κ1) is 11.5. The third kappa shape index (κ3) is 2.07. The fourth-order valence-electron chi connectivity index (χ4n) is 2.78. The summed E-state index contributed by atoms with van der Waals surface area (Å²) in [6.07, 6.45) is 2.39. The van der Waals surface area contributed by atoms with Crippen molar-refractivity contribution >= 4 is 0 Å². The van der Waals surface area contributed by atoms with E-state index in [1.165, 1.54) is 12.8 Å². The molecule has 2 rings (SSSR count). The molecule has 0 aliphatic carbocycles. The van der Waals surface area contributed by atoms with E-state index in [1.807, 2.05) is 12.1 Å². The van der Waals surface area contributed by atoms with Crippen LogP contribution in [0.4, 0.5) is 0 Å². The van der Waals surface area contributed by atoms with E-state index in [0.29, 0.717) is 11.7 Å². The summed E-state index contributed by atoms with van der Waals surface area (Å²) < 4.78 is 0. The minimum Gasteiger partial charge on any atom is -0.508 e. The van der Waals surface area contributed by atoms with Gasteiger partial charge in [0.25, 0.3) is 0 Å². The first-order chi connectivity index (χ1) is 7.62. The van der Waals surface area contributed by atoms with Crippen molar-refractivity contribution in [2.24, 2.45) is 5.92 Å². The van der Waals surface area contributed by atoms with Crippen LogP contribution in [0.3, 0.4) is 0 Å². The van der Waals surface area contributed by atoms with E-state index >= 15 is 0 Å².